The van der Waals surface area contributed by atoms with Crippen LogP contribution >= 0.6 is 15.6 Å². The van der Waals surface area contributed by atoms with Gasteiger partial charge in [0.05, 0.1) is 26.4 Å². The first kappa shape index (κ1) is 103. The number of aliphatic hydroxyl groups excluding tert-OH is 1. The van der Waals surface area contributed by atoms with Crippen LogP contribution < -0.4 is 0 Å². The normalized spacial score (nSPS) is 14.3. The fraction of sp³-hybridized carbons (Fsp3) is 0.953. The molecule has 624 valence electrons. The summed E-state index contributed by atoms with van der Waals surface area (Å²) in [5, 5.41) is 10.7. The Hall–Kier alpha value is -1.94. The van der Waals surface area contributed by atoms with E-state index in [-0.39, 0.29) is 25.7 Å². The van der Waals surface area contributed by atoms with Gasteiger partial charge in [0.2, 0.25) is 0 Å². The highest BCUT2D eigenvalue weighted by Gasteiger charge is 2.30. The number of ether oxygens (including phenoxy) is 4. The second-order valence-corrected chi connectivity index (χ2v) is 34.3. The van der Waals surface area contributed by atoms with Crippen molar-refractivity contribution in [3.63, 3.8) is 0 Å². The summed E-state index contributed by atoms with van der Waals surface area (Å²) in [6.07, 6.45) is 69.5. The zero-order valence-electron chi connectivity index (χ0n) is 69.0. The number of hydrogen-bond acceptors (Lipinski definition) is 15. The molecule has 0 aliphatic rings. The van der Waals surface area contributed by atoms with Crippen molar-refractivity contribution in [2.75, 3.05) is 39.6 Å². The fourth-order valence-corrected chi connectivity index (χ4v) is 14.9. The number of phosphoric ester groups is 2. The average molecular weight is 1540 g/mol. The Kier molecular flexibility index (Phi) is 76.0. The highest BCUT2D eigenvalue weighted by Crippen LogP contribution is 2.45. The van der Waals surface area contributed by atoms with Crippen molar-refractivity contribution < 1.29 is 80.2 Å². The molecule has 4 unspecified atom stereocenters. The Labute approximate surface area is 645 Å². The van der Waals surface area contributed by atoms with Crippen LogP contribution in [0.5, 0.6) is 0 Å². The Balaban J connectivity index is 5.23. The van der Waals surface area contributed by atoms with Gasteiger partial charge in [-0.2, -0.15) is 0 Å². The quantitative estimate of drug-likeness (QED) is 0.0222. The predicted octanol–water partition coefficient (Wildman–Crippen LogP) is 26.2. The molecule has 0 aromatic heterocycles. The third kappa shape index (κ3) is 77.2. The topological polar surface area (TPSA) is 237 Å². The molecule has 3 N–H and O–H groups in total. The molecule has 0 spiro atoms. The van der Waals surface area contributed by atoms with Gasteiger partial charge in [0, 0.05) is 25.7 Å². The van der Waals surface area contributed by atoms with Crippen molar-refractivity contribution in [2.24, 2.45) is 11.8 Å². The number of aliphatic hydroxyl groups is 1. The molecule has 0 saturated carbocycles. The first-order valence-corrected chi connectivity index (χ1v) is 47.6. The van der Waals surface area contributed by atoms with Crippen LogP contribution in [0.25, 0.3) is 0 Å². The summed E-state index contributed by atoms with van der Waals surface area (Å²) in [4.78, 5) is 73.2. The van der Waals surface area contributed by atoms with Gasteiger partial charge in [0.25, 0.3) is 0 Å². The molecule has 0 radical (unpaired) electrons. The zero-order chi connectivity index (χ0) is 77.1. The minimum atomic E-state index is -4.97. The van der Waals surface area contributed by atoms with Crippen LogP contribution in [0.15, 0.2) is 0 Å². The summed E-state index contributed by atoms with van der Waals surface area (Å²) in [7, 11) is -9.93. The van der Waals surface area contributed by atoms with Crippen molar-refractivity contribution in [3.8, 4) is 0 Å². The number of esters is 4. The molecule has 0 rings (SSSR count). The van der Waals surface area contributed by atoms with E-state index in [1.807, 2.05) is 0 Å². The molecular weight excluding hydrogens is 1370 g/mol. The van der Waals surface area contributed by atoms with E-state index >= 15 is 0 Å². The number of rotatable bonds is 85. The molecule has 0 amide bonds. The molecule has 105 heavy (non-hydrogen) atoms. The van der Waals surface area contributed by atoms with Crippen molar-refractivity contribution in [2.45, 2.75) is 477 Å². The first-order valence-electron chi connectivity index (χ1n) is 44.6. The minimum absolute atomic E-state index is 0.105. The van der Waals surface area contributed by atoms with Gasteiger partial charge in [-0.25, -0.2) is 9.13 Å². The Morgan fingerprint density at radius 1 is 0.267 bits per heavy atom. The highest BCUT2D eigenvalue weighted by molar-refractivity contribution is 7.47. The van der Waals surface area contributed by atoms with Crippen LogP contribution in [-0.4, -0.2) is 96.7 Å². The molecule has 0 fully saturated rings. The lowest BCUT2D eigenvalue weighted by molar-refractivity contribution is -0.161. The number of carbonyl (C=O) groups is 4. The lowest BCUT2D eigenvalue weighted by Crippen LogP contribution is -2.30. The standard InChI is InChI=1S/C86H168O17P2/c1-7-11-13-15-17-19-21-23-25-27-29-31-33-35-37-39-41-43-52-58-64-70-85(90)102-81(74-96-83(88)68-62-56-50-42-40-38-36-34-32-30-28-26-24-22-20-18-16-14-12-8-2)76-100-104(92,93)98-72-80(87)73-99-105(94,95)101-77-82(103-86(91)71-65-59-53-47-45-49-55-61-67-79(6)10-4)75-97-84(89)69-63-57-51-46-44-48-54-60-66-78(5)9-3/h78-82,87H,7-77H2,1-6H3,(H,92,93)(H,94,95)/t78?,79?,80-,81-,82-/m1/s1. The van der Waals surface area contributed by atoms with Gasteiger partial charge in [-0.3, -0.25) is 37.3 Å². The summed E-state index contributed by atoms with van der Waals surface area (Å²) >= 11 is 0. The summed E-state index contributed by atoms with van der Waals surface area (Å²) in [5.41, 5.74) is 0. The molecular formula is C86H168O17P2. The lowest BCUT2D eigenvalue weighted by Gasteiger charge is -2.21. The van der Waals surface area contributed by atoms with Crippen molar-refractivity contribution >= 4 is 39.5 Å². The van der Waals surface area contributed by atoms with E-state index < -0.39 is 97.5 Å². The van der Waals surface area contributed by atoms with Crippen LogP contribution in [0.1, 0.15) is 459 Å². The van der Waals surface area contributed by atoms with Crippen LogP contribution in [-0.2, 0) is 65.4 Å². The summed E-state index contributed by atoms with van der Waals surface area (Å²) in [6.45, 7) is 9.66. The second kappa shape index (κ2) is 77.4. The zero-order valence-corrected chi connectivity index (χ0v) is 70.8. The molecule has 0 aromatic carbocycles. The van der Waals surface area contributed by atoms with Gasteiger partial charge in [0.1, 0.15) is 19.3 Å². The number of carbonyl (C=O) groups excluding carboxylic acids is 4. The van der Waals surface area contributed by atoms with E-state index in [0.29, 0.717) is 25.7 Å². The minimum Gasteiger partial charge on any atom is -0.462 e. The molecule has 0 saturated heterocycles. The number of unbranched alkanes of at least 4 members (excludes halogenated alkanes) is 53. The molecule has 7 atom stereocenters. The maximum Gasteiger partial charge on any atom is 0.472 e. The monoisotopic (exact) mass is 1540 g/mol. The Morgan fingerprint density at radius 2 is 0.457 bits per heavy atom. The summed E-state index contributed by atoms with van der Waals surface area (Å²) < 4.78 is 68.9. The van der Waals surface area contributed by atoms with E-state index in [0.717, 1.165) is 102 Å². The van der Waals surface area contributed by atoms with Gasteiger partial charge in [-0.1, -0.05) is 408 Å². The third-order valence-corrected chi connectivity index (χ3v) is 22.8. The van der Waals surface area contributed by atoms with E-state index in [9.17, 15) is 43.2 Å². The maximum absolute atomic E-state index is 13.2. The molecule has 0 aliphatic heterocycles. The van der Waals surface area contributed by atoms with Crippen LogP contribution in [0.4, 0.5) is 0 Å². The van der Waals surface area contributed by atoms with Crippen LogP contribution in [0.2, 0.25) is 0 Å². The summed E-state index contributed by atoms with van der Waals surface area (Å²) in [5.74, 6) is -0.559. The Morgan fingerprint density at radius 3 is 0.676 bits per heavy atom. The van der Waals surface area contributed by atoms with E-state index in [1.165, 1.54) is 276 Å². The lowest BCUT2D eigenvalue weighted by atomic mass is 9.99. The van der Waals surface area contributed by atoms with Crippen molar-refractivity contribution in [1.82, 2.24) is 0 Å². The van der Waals surface area contributed by atoms with Crippen LogP contribution in [0.3, 0.4) is 0 Å². The SMILES string of the molecule is CCCCCCCCCCCCCCCCCCCCCCCC(=O)O[C@H](COC(=O)CCCCCCCCCCCCCCCCCCCCCC)COP(=O)(O)OC[C@@H](O)COP(=O)(O)OC[C@@H](COC(=O)CCCCCCCCCCC(C)CC)OC(=O)CCCCCCCCCCC(C)CC. The van der Waals surface area contributed by atoms with Gasteiger partial charge in [0.15, 0.2) is 12.2 Å². The van der Waals surface area contributed by atoms with Crippen LogP contribution in [0, 0.1) is 11.8 Å². The van der Waals surface area contributed by atoms with Gasteiger partial charge in [-0.15, -0.1) is 0 Å². The molecule has 0 aliphatic carbocycles. The van der Waals surface area contributed by atoms with Crippen molar-refractivity contribution in [1.29, 1.82) is 0 Å². The molecule has 17 nitrogen and oxygen atoms in total. The second-order valence-electron chi connectivity index (χ2n) is 31.4. The summed E-state index contributed by atoms with van der Waals surface area (Å²) in [6, 6.07) is 0. The number of hydrogen-bond donors (Lipinski definition) is 3. The van der Waals surface area contributed by atoms with E-state index in [1.54, 1.807) is 0 Å². The van der Waals surface area contributed by atoms with Crippen molar-refractivity contribution in [3.05, 3.63) is 0 Å². The van der Waals surface area contributed by atoms with Gasteiger partial charge < -0.3 is 33.8 Å². The fourth-order valence-electron chi connectivity index (χ4n) is 13.4. The largest absolute Gasteiger partial charge is 0.472 e. The maximum atomic E-state index is 13.2. The molecule has 0 bridgehead atoms. The smallest absolute Gasteiger partial charge is 0.462 e. The predicted molar refractivity (Wildman–Crippen MR) is 432 cm³/mol. The third-order valence-electron chi connectivity index (χ3n) is 20.9. The average Bonchev–Trinajstić information content (AvgIpc) is 0.925. The van der Waals surface area contributed by atoms with E-state index in [2.05, 4.69) is 41.5 Å². The molecule has 0 heterocycles. The highest BCUT2D eigenvalue weighted by atomic mass is 31.2. The number of phosphoric acid groups is 2. The first-order chi connectivity index (χ1) is 50.9. The van der Waals surface area contributed by atoms with Gasteiger partial charge >= 0.3 is 39.5 Å². The molecule has 19 heteroatoms. The van der Waals surface area contributed by atoms with E-state index in [4.69, 9.17) is 37.0 Å². The van der Waals surface area contributed by atoms with Gasteiger partial charge in [-0.05, 0) is 37.5 Å². The molecule has 0 aromatic rings. The Bertz CT molecular complexity index is 2010.